The van der Waals surface area contributed by atoms with Gasteiger partial charge in [-0.25, -0.2) is 4.98 Å². The van der Waals surface area contributed by atoms with Crippen LogP contribution < -0.4 is 4.74 Å². The molecular formula is C43H32N4OPt. The summed E-state index contributed by atoms with van der Waals surface area (Å²) in [6.07, 6.45) is 3.99. The number of benzene rings is 5. The van der Waals surface area contributed by atoms with Crippen LogP contribution in [0.1, 0.15) is 31.9 Å². The van der Waals surface area contributed by atoms with Crippen LogP contribution in [0.15, 0.2) is 122 Å². The van der Waals surface area contributed by atoms with Gasteiger partial charge in [0, 0.05) is 46.1 Å². The SMILES string of the molecule is Cc1ccccc1-c1cn2c3ccccc3c3ccc(Oc4[c-]c5c(cc4)c4ccccc4n5-c4ncccc4C(C)(C)C)[c-]c3c2n1.[Pt+2]. The molecule has 4 heterocycles. The second-order valence-electron chi connectivity index (χ2n) is 13.4. The Labute approximate surface area is 299 Å². The van der Waals surface area contributed by atoms with E-state index in [4.69, 9.17) is 14.7 Å². The van der Waals surface area contributed by atoms with Crippen molar-refractivity contribution in [1.82, 2.24) is 18.9 Å². The van der Waals surface area contributed by atoms with Gasteiger partial charge in [0.1, 0.15) is 5.82 Å². The molecule has 0 aliphatic heterocycles. The molecule has 240 valence electrons. The van der Waals surface area contributed by atoms with Crippen molar-refractivity contribution in [2.75, 3.05) is 0 Å². The zero-order valence-corrected chi connectivity index (χ0v) is 29.8. The van der Waals surface area contributed by atoms with Crippen LogP contribution in [0.4, 0.5) is 0 Å². The summed E-state index contributed by atoms with van der Waals surface area (Å²) in [4.78, 5) is 10.1. The molecule has 0 radical (unpaired) electrons. The second-order valence-corrected chi connectivity index (χ2v) is 13.4. The van der Waals surface area contributed by atoms with Crippen molar-refractivity contribution in [2.24, 2.45) is 0 Å². The van der Waals surface area contributed by atoms with Crippen molar-refractivity contribution in [3.63, 3.8) is 0 Å². The molecule has 6 heteroatoms. The summed E-state index contributed by atoms with van der Waals surface area (Å²) in [5, 5.41) is 5.37. The molecule has 0 N–H and O–H groups in total. The van der Waals surface area contributed by atoms with E-state index in [0.29, 0.717) is 11.5 Å². The molecule has 0 spiro atoms. The maximum Gasteiger partial charge on any atom is 2.00 e. The third-order valence-corrected chi connectivity index (χ3v) is 9.31. The first kappa shape index (κ1) is 31.0. The minimum absolute atomic E-state index is 0. The average Bonchev–Trinajstić information content (AvgIpc) is 3.68. The summed E-state index contributed by atoms with van der Waals surface area (Å²) in [6, 6.07) is 44.9. The van der Waals surface area contributed by atoms with Gasteiger partial charge in [-0.3, -0.25) is 4.98 Å². The van der Waals surface area contributed by atoms with Gasteiger partial charge in [-0.15, -0.1) is 29.7 Å². The molecule has 0 saturated carbocycles. The Balaban J connectivity index is 0.00000348. The molecule has 9 rings (SSSR count). The van der Waals surface area contributed by atoms with E-state index in [1.165, 1.54) is 5.56 Å². The van der Waals surface area contributed by atoms with Crippen LogP contribution in [-0.2, 0) is 26.5 Å². The Bertz CT molecular complexity index is 2710. The number of rotatable bonds is 4. The fraction of sp³-hybridized carbons (Fsp3) is 0.116. The molecule has 0 bridgehead atoms. The van der Waals surface area contributed by atoms with Gasteiger partial charge in [0.05, 0.1) is 11.3 Å². The molecule has 0 aliphatic carbocycles. The summed E-state index contributed by atoms with van der Waals surface area (Å²) < 4.78 is 11.0. The first-order chi connectivity index (χ1) is 23.3. The molecule has 0 aliphatic rings. The van der Waals surface area contributed by atoms with E-state index in [0.717, 1.165) is 71.8 Å². The van der Waals surface area contributed by atoms with Crippen LogP contribution in [0, 0.1) is 19.1 Å². The summed E-state index contributed by atoms with van der Waals surface area (Å²) in [5.74, 6) is 2.11. The van der Waals surface area contributed by atoms with Crippen LogP contribution in [0.5, 0.6) is 11.5 Å². The van der Waals surface area contributed by atoms with Crippen LogP contribution in [0.2, 0.25) is 0 Å². The molecule has 0 unspecified atom stereocenters. The van der Waals surface area contributed by atoms with Crippen LogP contribution >= 0.6 is 0 Å². The van der Waals surface area contributed by atoms with E-state index in [1.54, 1.807) is 0 Å². The standard InChI is InChI=1S/C43H32N4O.Pt/c1-27-12-5-6-13-30(27)37-26-46-38-17-9-7-14-32(38)31-21-19-28(24-35(31)41(46)45-37)48-29-20-22-34-33-15-8-10-18-39(33)47(40(34)25-29)42-36(43(2,3)4)16-11-23-44-42;/h5-23,26H,1-4H3;/q-2;+2. The molecule has 4 aromatic heterocycles. The summed E-state index contributed by atoms with van der Waals surface area (Å²) in [5.41, 5.74) is 8.25. The molecule has 5 nitrogen and oxygen atoms in total. The van der Waals surface area contributed by atoms with E-state index in [2.05, 4.69) is 146 Å². The Morgan fingerprint density at radius 1 is 0.673 bits per heavy atom. The van der Waals surface area contributed by atoms with E-state index in [1.807, 2.05) is 24.4 Å². The van der Waals surface area contributed by atoms with Crippen LogP contribution in [0.3, 0.4) is 0 Å². The number of aromatic nitrogens is 4. The number of pyridine rings is 2. The number of ether oxygens (including phenoxy) is 1. The van der Waals surface area contributed by atoms with Gasteiger partial charge < -0.3 is 13.7 Å². The second kappa shape index (κ2) is 11.7. The topological polar surface area (TPSA) is 44.4 Å². The number of fused-ring (bicyclic) bond motifs is 9. The zero-order chi connectivity index (χ0) is 32.6. The Hall–Kier alpha value is -5.25. The van der Waals surface area contributed by atoms with Crippen LogP contribution in [-0.4, -0.2) is 18.9 Å². The van der Waals surface area contributed by atoms with E-state index in [-0.39, 0.29) is 26.5 Å². The van der Waals surface area contributed by atoms with E-state index < -0.39 is 0 Å². The number of nitrogens with zero attached hydrogens (tertiary/aromatic N) is 4. The van der Waals surface area contributed by atoms with Gasteiger partial charge in [0.15, 0.2) is 0 Å². The summed E-state index contributed by atoms with van der Waals surface area (Å²) in [7, 11) is 0. The fourth-order valence-electron chi connectivity index (χ4n) is 7.01. The number of aryl methyl sites for hydroxylation is 1. The number of hydrogen-bond acceptors (Lipinski definition) is 3. The normalized spacial score (nSPS) is 11.9. The first-order valence-corrected chi connectivity index (χ1v) is 16.3. The quantitative estimate of drug-likeness (QED) is 0.131. The van der Waals surface area contributed by atoms with Gasteiger partial charge in [-0.05, 0) is 46.9 Å². The smallest absolute Gasteiger partial charge is 0.503 e. The minimum Gasteiger partial charge on any atom is -0.503 e. The Morgan fingerprint density at radius 3 is 2.12 bits per heavy atom. The summed E-state index contributed by atoms with van der Waals surface area (Å²) in [6.45, 7) is 8.79. The fourth-order valence-corrected chi connectivity index (χ4v) is 7.01. The molecule has 0 fully saturated rings. The third kappa shape index (κ3) is 5.03. The van der Waals surface area contributed by atoms with Crippen molar-refractivity contribution >= 4 is 49.1 Å². The van der Waals surface area contributed by atoms with Gasteiger partial charge in [-0.2, -0.15) is 6.07 Å². The first-order valence-electron chi connectivity index (χ1n) is 16.3. The Kier molecular flexibility index (Phi) is 7.42. The van der Waals surface area contributed by atoms with E-state index in [9.17, 15) is 0 Å². The zero-order valence-electron chi connectivity index (χ0n) is 27.6. The van der Waals surface area contributed by atoms with Gasteiger partial charge in [0.25, 0.3) is 0 Å². The average molecular weight is 816 g/mol. The molecular weight excluding hydrogens is 784 g/mol. The molecule has 9 aromatic rings. The van der Waals surface area contributed by atoms with Crippen molar-refractivity contribution in [3.8, 4) is 28.6 Å². The number of imidazole rings is 1. The summed E-state index contributed by atoms with van der Waals surface area (Å²) >= 11 is 0. The molecule has 0 amide bonds. The Morgan fingerprint density at radius 2 is 1.35 bits per heavy atom. The largest absolute Gasteiger partial charge is 2.00 e. The molecule has 49 heavy (non-hydrogen) atoms. The minimum atomic E-state index is -0.100. The maximum absolute atomic E-state index is 6.57. The molecule has 0 atom stereocenters. The molecule has 0 saturated heterocycles. The number of hydrogen-bond donors (Lipinski definition) is 0. The van der Waals surface area contributed by atoms with Crippen molar-refractivity contribution in [2.45, 2.75) is 33.1 Å². The van der Waals surface area contributed by atoms with Gasteiger partial charge in [-0.1, -0.05) is 110 Å². The third-order valence-electron chi connectivity index (χ3n) is 9.31. The van der Waals surface area contributed by atoms with Crippen molar-refractivity contribution in [1.29, 1.82) is 0 Å². The van der Waals surface area contributed by atoms with Crippen molar-refractivity contribution < 1.29 is 25.8 Å². The predicted molar refractivity (Wildman–Crippen MR) is 195 cm³/mol. The van der Waals surface area contributed by atoms with Crippen molar-refractivity contribution in [3.05, 3.63) is 145 Å². The predicted octanol–water partition coefficient (Wildman–Crippen LogP) is 10.8. The maximum atomic E-state index is 6.57. The monoisotopic (exact) mass is 815 g/mol. The van der Waals surface area contributed by atoms with Gasteiger partial charge in [0.2, 0.25) is 0 Å². The van der Waals surface area contributed by atoms with Crippen LogP contribution in [0.25, 0.3) is 66.2 Å². The van der Waals surface area contributed by atoms with Gasteiger partial charge >= 0.3 is 21.1 Å². The number of para-hydroxylation sites is 2. The molecule has 5 aromatic carbocycles. The van der Waals surface area contributed by atoms with E-state index >= 15 is 0 Å².